The first-order valence-electron chi connectivity index (χ1n) is 7.51. The molecule has 1 aromatic rings. The topological polar surface area (TPSA) is 41.5 Å². The molecule has 0 heterocycles. The lowest BCUT2D eigenvalue weighted by molar-refractivity contribution is 0.272. The van der Waals surface area contributed by atoms with Crippen LogP contribution in [0.2, 0.25) is 5.02 Å². The van der Waals surface area contributed by atoms with E-state index in [-0.39, 0.29) is 6.61 Å². The number of unbranched alkanes of at least 4 members (excludes halogenated alkanes) is 3. The maximum atomic E-state index is 8.72. The molecule has 0 amide bonds. The van der Waals surface area contributed by atoms with Crippen LogP contribution in [0.5, 0.6) is 5.75 Å². The van der Waals surface area contributed by atoms with Crippen LogP contribution in [0.25, 0.3) is 0 Å². The third-order valence-corrected chi connectivity index (χ3v) is 3.47. The van der Waals surface area contributed by atoms with Crippen LogP contribution >= 0.6 is 11.6 Å². The molecule has 0 saturated heterocycles. The van der Waals surface area contributed by atoms with Crippen molar-refractivity contribution in [2.45, 2.75) is 45.6 Å². The van der Waals surface area contributed by atoms with Crippen LogP contribution in [0.3, 0.4) is 0 Å². The fourth-order valence-electron chi connectivity index (χ4n) is 1.99. The molecule has 1 aromatic carbocycles. The van der Waals surface area contributed by atoms with E-state index in [0.29, 0.717) is 6.61 Å². The number of aliphatic hydroxyl groups excluding tert-OH is 1. The highest BCUT2D eigenvalue weighted by molar-refractivity contribution is 6.31. The summed E-state index contributed by atoms with van der Waals surface area (Å²) in [5.74, 6) is 0.878. The molecule has 20 heavy (non-hydrogen) atoms. The second-order valence-electron chi connectivity index (χ2n) is 4.88. The lowest BCUT2D eigenvalue weighted by Gasteiger charge is -2.13. The van der Waals surface area contributed by atoms with E-state index in [1.54, 1.807) is 0 Å². The molecular formula is C16H26ClNO2. The number of hydrogen-bond acceptors (Lipinski definition) is 3. The molecule has 0 bridgehead atoms. The third-order valence-electron chi connectivity index (χ3n) is 3.11. The standard InChI is InChI=1S/C16H26ClNO2/c1-2-10-18-13-14-15(17)8-7-9-16(14)20-12-6-4-3-5-11-19/h7-9,18-19H,2-6,10-13H2,1H3. The van der Waals surface area contributed by atoms with Gasteiger partial charge < -0.3 is 15.2 Å². The lowest BCUT2D eigenvalue weighted by atomic mass is 10.2. The van der Waals surface area contributed by atoms with Gasteiger partial charge in [-0.05, 0) is 44.4 Å². The average molecular weight is 300 g/mol. The van der Waals surface area contributed by atoms with E-state index in [1.807, 2.05) is 18.2 Å². The Bertz CT molecular complexity index is 371. The van der Waals surface area contributed by atoms with Gasteiger partial charge in [-0.1, -0.05) is 31.0 Å². The molecule has 4 heteroatoms. The zero-order valence-corrected chi connectivity index (χ0v) is 13.1. The minimum absolute atomic E-state index is 0.280. The molecule has 0 aliphatic heterocycles. The van der Waals surface area contributed by atoms with Crippen molar-refractivity contribution in [1.29, 1.82) is 0 Å². The second-order valence-corrected chi connectivity index (χ2v) is 5.29. The summed E-state index contributed by atoms with van der Waals surface area (Å²) in [7, 11) is 0. The zero-order valence-electron chi connectivity index (χ0n) is 12.3. The number of hydrogen-bond donors (Lipinski definition) is 2. The van der Waals surface area contributed by atoms with Gasteiger partial charge in [-0.15, -0.1) is 0 Å². The predicted molar refractivity (Wildman–Crippen MR) is 84.5 cm³/mol. The van der Waals surface area contributed by atoms with Gasteiger partial charge >= 0.3 is 0 Å². The van der Waals surface area contributed by atoms with Crippen molar-refractivity contribution in [3.8, 4) is 5.75 Å². The van der Waals surface area contributed by atoms with Crippen LogP contribution < -0.4 is 10.1 Å². The van der Waals surface area contributed by atoms with Crippen LogP contribution in [0.1, 0.15) is 44.6 Å². The molecule has 0 saturated carbocycles. The van der Waals surface area contributed by atoms with Crippen LogP contribution in [-0.2, 0) is 6.54 Å². The molecular weight excluding hydrogens is 274 g/mol. The molecule has 2 N–H and O–H groups in total. The molecule has 0 atom stereocenters. The van der Waals surface area contributed by atoms with Gasteiger partial charge in [-0.3, -0.25) is 0 Å². The van der Waals surface area contributed by atoms with Crippen LogP contribution in [0, 0.1) is 0 Å². The summed E-state index contributed by atoms with van der Waals surface area (Å²) >= 11 is 6.24. The highest BCUT2D eigenvalue weighted by Crippen LogP contribution is 2.26. The number of benzene rings is 1. The number of rotatable bonds is 11. The lowest BCUT2D eigenvalue weighted by Crippen LogP contribution is -2.15. The first kappa shape index (κ1) is 17.3. The van der Waals surface area contributed by atoms with Gasteiger partial charge in [-0.2, -0.15) is 0 Å². The van der Waals surface area contributed by atoms with Crippen LogP contribution in [0.4, 0.5) is 0 Å². The first-order valence-corrected chi connectivity index (χ1v) is 7.89. The summed E-state index contributed by atoms with van der Waals surface area (Å²) in [6, 6.07) is 5.80. The van der Waals surface area contributed by atoms with Crippen LogP contribution in [0.15, 0.2) is 18.2 Å². The van der Waals surface area contributed by atoms with Crippen molar-refractivity contribution in [1.82, 2.24) is 5.32 Å². The second kappa shape index (κ2) is 11.0. The van der Waals surface area contributed by atoms with E-state index in [2.05, 4.69) is 12.2 Å². The zero-order chi connectivity index (χ0) is 14.6. The minimum Gasteiger partial charge on any atom is -0.493 e. The Morgan fingerprint density at radius 2 is 2.00 bits per heavy atom. The van der Waals surface area contributed by atoms with E-state index in [9.17, 15) is 0 Å². The molecule has 0 aliphatic carbocycles. The van der Waals surface area contributed by atoms with Gasteiger partial charge in [0.25, 0.3) is 0 Å². The molecule has 1 rings (SSSR count). The van der Waals surface area contributed by atoms with Crippen LogP contribution in [-0.4, -0.2) is 24.9 Å². The van der Waals surface area contributed by atoms with Gasteiger partial charge in [0.05, 0.1) is 6.61 Å². The average Bonchev–Trinajstić information content (AvgIpc) is 2.45. The number of nitrogens with one attached hydrogen (secondary N) is 1. The normalized spacial score (nSPS) is 10.8. The Balaban J connectivity index is 2.41. The third kappa shape index (κ3) is 6.60. The highest BCUT2D eigenvalue weighted by atomic mass is 35.5. The van der Waals surface area contributed by atoms with Crippen molar-refractivity contribution < 1.29 is 9.84 Å². The number of halogens is 1. The number of aliphatic hydroxyl groups is 1. The van der Waals surface area contributed by atoms with Crippen molar-refractivity contribution in [2.75, 3.05) is 19.8 Å². The summed E-state index contributed by atoms with van der Waals surface area (Å²) in [6.45, 7) is 4.84. The summed E-state index contributed by atoms with van der Waals surface area (Å²) in [6.07, 6.45) is 5.13. The van der Waals surface area contributed by atoms with Crippen molar-refractivity contribution in [3.63, 3.8) is 0 Å². The monoisotopic (exact) mass is 299 g/mol. The SMILES string of the molecule is CCCNCc1c(Cl)cccc1OCCCCCCO. The van der Waals surface area contributed by atoms with Gasteiger partial charge in [0.1, 0.15) is 5.75 Å². The molecule has 0 aliphatic rings. The maximum Gasteiger partial charge on any atom is 0.125 e. The van der Waals surface area contributed by atoms with E-state index in [1.165, 1.54) is 0 Å². The maximum absolute atomic E-state index is 8.72. The van der Waals surface area contributed by atoms with Gasteiger partial charge in [0.15, 0.2) is 0 Å². The van der Waals surface area contributed by atoms with E-state index in [4.69, 9.17) is 21.4 Å². The minimum atomic E-state index is 0.280. The first-order chi connectivity index (χ1) is 9.79. The Morgan fingerprint density at radius 1 is 1.20 bits per heavy atom. The molecule has 0 unspecified atom stereocenters. The summed E-state index contributed by atoms with van der Waals surface area (Å²) < 4.78 is 5.84. The van der Waals surface area contributed by atoms with Crippen molar-refractivity contribution in [2.24, 2.45) is 0 Å². The Kier molecular flexibility index (Phi) is 9.46. The summed E-state index contributed by atoms with van der Waals surface area (Å²) in [5.41, 5.74) is 1.04. The summed E-state index contributed by atoms with van der Waals surface area (Å²) in [5, 5.41) is 12.8. The largest absolute Gasteiger partial charge is 0.493 e. The smallest absolute Gasteiger partial charge is 0.125 e. The highest BCUT2D eigenvalue weighted by Gasteiger charge is 2.07. The van der Waals surface area contributed by atoms with E-state index >= 15 is 0 Å². The quantitative estimate of drug-likeness (QED) is 0.611. The van der Waals surface area contributed by atoms with E-state index in [0.717, 1.165) is 61.5 Å². The summed E-state index contributed by atoms with van der Waals surface area (Å²) in [4.78, 5) is 0. The van der Waals surface area contributed by atoms with Crippen molar-refractivity contribution >= 4 is 11.6 Å². The van der Waals surface area contributed by atoms with Crippen molar-refractivity contribution in [3.05, 3.63) is 28.8 Å². The molecule has 0 radical (unpaired) electrons. The molecule has 3 nitrogen and oxygen atoms in total. The molecule has 0 spiro atoms. The Morgan fingerprint density at radius 3 is 2.75 bits per heavy atom. The Hall–Kier alpha value is -0.770. The Labute approximate surface area is 127 Å². The van der Waals surface area contributed by atoms with E-state index < -0.39 is 0 Å². The fourth-order valence-corrected chi connectivity index (χ4v) is 2.22. The molecule has 0 aromatic heterocycles. The fraction of sp³-hybridized carbons (Fsp3) is 0.625. The molecule has 0 fully saturated rings. The number of ether oxygens (including phenoxy) is 1. The predicted octanol–water partition coefficient (Wildman–Crippen LogP) is 3.77. The van der Waals surface area contributed by atoms with Gasteiger partial charge in [0.2, 0.25) is 0 Å². The van der Waals surface area contributed by atoms with Gasteiger partial charge in [0, 0.05) is 23.7 Å². The van der Waals surface area contributed by atoms with Gasteiger partial charge in [-0.25, -0.2) is 0 Å². The molecule has 114 valence electrons.